The van der Waals surface area contributed by atoms with Crippen molar-refractivity contribution in [1.29, 1.82) is 0 Å². The molecule has 0 atom stereocenters. The first-order chi connectivity index (χ1) is 8.59. The van der Waals surface area contributed by atoms with E-state index in [1.807, 2.05) is 0 Å². The molecule has 0 spiro atoms. The normalized spacial score (nSPS) is 21.0. The molecule has 1 aromatic heterocycles. The molecule has 0 fully saturated rings. The Morgan fingerprint density at radius 2 is 2.23 bits per heavy atom. The van der Waals surface area contributed by atoms with Crippen LogP contribution in [0.4, 0.5) is 0 Å². The van der Waals surface area contributed by atoms with Gasteiger partial charge in [0.2, 0.25) is 0 Å². The van der Waals surface area contributed by atoms with Crippen LogP contribution in [-0.4, -0.2) is 20.1 Å². The number of aromatic nitrogens is 3. The van der Waals surface area contributed by atoms with Gasteiger partial charge in [-0.1, -0.05) is 17.3 Å². The van der Waals surface area contributed by atoms with Crippen LogP contribution in [0.25, 0.3) is 11.0 Å². The lowest BCUT2D eigenvalue weighted by molar-refractivity contribution is -0.00765. The predicted molar refractivity (Wildman–Crippen MR) is 49.1 cm³/mol. The number of fused-ring (bicyclic) bond motifs is 1. The van der Waals surface area contributed by atoms with E-state index in [9.17, 15) is 5.11 Å². The molecule has 4 nitrogen and oxygen atoms in total. The van der Waals surface area contributed by atoms with Gasteiger partial charge in [-0.15, -0.1) is 5.10 Å². The molecule has 68 valence electrons. The highest BCUT2D eigenvalue weighted by Crippen LogP contribution is 2.17. The first-order valence-electron chi connectivity index (χ1n) is 6.62. The third-order valence-corrected chi connectivity index (χ3v) is 1.66. The maximum atomic E-state index is 10.3. The molecule has 4 heteroatoms. The second-order valence-electron chi connectivity index (χ2n) is 2.66. The fourth-order valence-electron chi connectivity index (χ4n) is 1.11. The smallest absolute Gasteiger partial charge is 0.154 e. The van der Waals surface area contributed by atoms with Gasteiger partial charge in [0.1, 0.15) is 5.52 Å². The maximum Gasteiger partial charge on any atom is 0.154 e. The van der Waals surface area contributed by atoms with Crippen LogP contribution in [0.15, 0.2) is 24.3 Å². The number of benzene rings is 1. The van der Waals surface area contributed by atoms with Gasteiger partial charge in [0.25, 0.3) is 0 Å². The molecule has 1 aromatic carbocycles. The van der Waals surface area contributed by atoms with Gasteiger partial charge in [0.15, 0.2) is 5.72 Å². The van der Waals surface area contributed by atoms with Crippen molar-refractivity contribution in [3.63, 3.8) is 0 Å². The zero-order chi connectivity index (χ0) is 14.5. The number of nitrogens with zero attached hydrogens (tertiary/aromatic N) is 3. The highest BCUT2D eigenvalue weighted by Gasteiger charge is 2.18. The van der Waals surface area contributed by atoms with Crippen molar-refractivity contribution < 1.29 is 13.3 Å². The molecule has 0 aliphatic heterocycles. The minimum atomic E-state index is -3.19. The summed E-state index contributed by atoms with van der Waals surface area (Å²) >= 11 is 0. The molecule has 13 heavy (non-hydrogen) atoms. The minimum Gasteiger partial charge on any atom is -0.370 e. The summed E-state index contributed by atoms with van der Waals surface area (Å²) in [6.45, 7) is -6.37. The van der Waals surface area contributed by atoms with Crippen molar-refractivity contribution in [3.8, 4) is 0 Å². The van der Waals surface area contributed by atoms with E-state index >= 15 is 0 Å². The molecule has 2 rings (SSSR count). The Balaban J connectivity index is 2.77. The van der Waals surface area contributed by atoms with Gasteiger partial charge in [-0.25, -0.2) is 4.68 Å². The average molecular weight is 183 g/mol. The third-order valence-electron chi connectivity index (χ3n) is 1.66. The molecule has 0 unspecified atom stereocenters. The van der Waals surface area contributed by atoms with Crippen LogP contribution >= 0.6 is 0 Å². The van der Waals surface area contributed by atoms with E-state index in [0.717, 1.165) is 0 Å². The lowest BCUT2D eigenvalue weighted by Gasteiger charge is -2.17. The summed E-state index contributed by atoms with van der Waals surface area (Å²) in [6.07, 6.45) is 0. The van der Waals surface area contributed by atoms with Gasteiger partial charge < -0.3 is 5.11 Å². The quantitative estimate of drug-likeness (QED) is 0.720. The fourth-order valence-corrected chi connectivity index (χ4v) is 1.11. The molecular weight excluding hydrogens is 166 g/mol. The van der Waals surface area contributed by atoms with E-state index in [-0.39, 0.29) is 5.52 Å². The van der Waals surface area contributed by atoms with Crippen molar-refractivity contribution in [1.82, 2.24) is 15.0 Å². The lowest BCUT2D eigenvalue weighted by atomic mass is 10.2. The number of para-hydroxylation sites is 1. The highest BCUT2D eigenvalue weighted by atomic mass is 16.3. The Kier molecular flexibility index (Phi) is 0.732. The summed E-state index contributed by atoms with van der Waals surface area (Å²) in [5.41, 5.74) is -2.69. The summed E-state index contributed by atoms with van der Waals surface area (Å²) in [6, 6.07) is 6.20. The Morgan fingerprint density at radius 1 is 1.46 bits per heavy atom. The monoisotopic (exact) mass is 183 g/mol. The van der Waals surface area contributed by atoms with E-state index in [2.05, 4.69) is 10.3 Å². The second-order valence-corrected chi connectivity index (χ2v) is 2.66. The molecular formula is C9H11N3O. The van der Waals surface area contributed by atoms with Crippen LogP contribution in [0.3, 0.4) is 0 Å². The standard InChI is InChI=1S/C9H11N3O/c1-9(2,13)12-8-6-4-3-5-7(8)10-11-12/h3-6,13H,1-2H3/i1D3,2D3. The van der Waals surface area contributed by atoms with E-state index in [0.29, 0.717) is 10.2 Å². The van der Waals surface area contributed by atoms with Crippen LogP contribution in [0, 0.1) is 0 Å². The van der Waals surface area contributed by atoms with Gasteiger partial charge in [0.05, 0.1) is 5.52 Å². The van der Waals surface area contributed by atoms with Crippen LogP contribution in [-0.2, 0) is 5.72 Å². The summed E-state index contributed by atoms with van der Waals surface area (Å²) in [4.78, 5) is 0. The molecule has 0 bridgehead atoms. The van der Waals surface area contributed by atoms with Crippen molar-refractivity contribution in [2.45, 2.75) is 19.4 Å². The lowest BCUT2D eigenvalue weighted by Crippen LogP contribution is -2.26. The van der Waals surface area contributed by atoms with Gasteiger partial charge in [-0.05, 0) is 25.8 Å². The van der Waals surface area contributed by atoms with E-state index in [4.69, 9.17) is 8.22 Å². The molecule has 1 N–H and O–H groups in total. The number of hydrogen-bond acceptors (Lipinski definition) is 3. The average Bonchev–Trinajstić information content (AvgIpc) is 2.68. The first kappa shape index (κ1) is 3.75. The molecule has 0 amide bonds. The second kappa shape index (κ2) is 2.53. The maximum absolute atomic E-state index is 10.3. The van der Waals surface area contributed by atoms with Crippen LogP contribution in [0.5, 0.6) is 0 Å². The summed E-state index contributed by atoms with van der Waals surface area (Å²) in [5.74, 6) is 0. The minimum absolute atomic E-state index is 0.136. The molecule has 0 aliphatic rings. The summed E-state index contributed by atoms with van der Waals surface area (Å²) in [5, 5.41) is 17.4. The van der Waals surface area contributed by atoms with Crippen LogP contribution in [0.1, 0.15) is 21.9 Å². The van der Waals surface area contributed by atoms with E-state index in [1.54, 1.807) is 12.1 Å². The van der Waals surface area contributed by atoms with Crippen LogP contribution in [0.2, 0.25) is 0 Å². The van der Waals surface area contributed by atoms with Gasteiger partial charge in [0, 0.05) is 8.22 Å². The Hall–Kier alpha value is -1.42. The fraction of sp³-hybridized carbons (Fsp3) is 0.333. The number of aliphatic hydroxyl groups is 1. The SMILES string of the molecule is [2H]C([2H])([2H])C(O)(n1nnc2ccccc21)C([2H])([2H])[2H]. The van der Waals surface area contributed by atoms with Crippen molar-refractivity contribution in [2.75, 3.05) is 0 Å². The van der Waals surface area contributed by atoms with E-state index < -0.39 is 19.4 Å². The highest BCUT2D eigenvalue weighted by molar-refractivity contribution is 5.74. The molecule has 1 heterocycles. The first-order valence-corrected chi connectivity index (χ1v) is 3.62. The van der Waals surface area contributed by atoms with Crippen LogP contribution < -0.4 is 0 Å². The van der Waals surface area contributed by atoms with E-state index in [1.165, 1.54) is 12.1 Å². The summed E-state index contributed by atoms with van der Waals surface area (Å²) < 4.78 is 44.5. The number of rotatable bonds is 1. The van der Waals surface area contributed by atoms with Gasteiger partial charge in [-0.2, -0.15) is 0 Å². The predicted octanol–water partition coefficient (Wildman–Crippen LogP) is 1.12. The van der Waals surface area contributed by atoms with Crippen molar-refractivity contribution in [2.24, 2.45) is 0 Å². The molecule has 0 radical (unpaired) electrons. The van der Waals surface area contributed by atoms with Gasteiger partial charge >= 0.3 is 0 Å². The zero-order valence-electron chi connectivity index (χ0n) is 12.6. The third kappa shape index (κ3) is 1.29. The molecule has 0 saturated heterocycles. The Bertz CT molecular complexity index is 588. The van der Waals surface area contributed by atoms with Gasteiger partial charge in [-0.3, -0.25) is 0 Å². The largest absolute Gasteiger partial charge is 0.370 e. The van der Waals surface area contributed by atoms with Crippen molar-refractivity contribution in [3.05, 3.63) is 24.3 Å². The number of hydrogen-bond donors (Lipinski definition) is 1. The van der Waals surface area contributed by atoms with Crippen molar-refractivity contribution >= 4 is 11.0 Å². The topological polar surface area (TPSA) is 50.9 Å². The Morgan fingerprint density at radius 3 is 3.00 bits per heavy atom. The zero-order valence-corrected chi connectivity index (χ0v) is 6.60. The molecule has 0 saturated carbocycles. The molecule has 0 aliphatic carbocycles. The summed E-state index contributed by atoms with van der Waals surface area (Å²) in [7, 11) is 0. The Labute approximate surface area is 84.2 Å². The molecule has 2 aromatic rings.